The van der Waals surface area contributed by atoms with Crippen LogP contribution in [0, 0.1) is 52.8 Å². The lowest BCUT2D eigenvalue weighted by atomic mass is 10.1. The number of ether oxygens (including phenoxy) is 1. The molecule has 0 fully saturated rings. The molecule has 0 radical (unpaired) electrons. The number of benzene rings is 3. The highest BCUT2D eigenvalue weighted by Gasteiger charge is 2.24. The zero-order valence-corrected chi connectivity index (χ0v) is 16.5. The van der Waals surface area contributed by atoms with Gasteiger partial charge >= 0.3 is 0 Å². The smallest absolute Gasteiger partial charge is 0.200 e. The van der Waals surface area contributed by atoms with Crippen LogP contribution >= 0.6 is 0 Å². The fraction of sp³-hybridized carbons (Fsp3) is 0.120. The van der Waals surface area contributed by atoms with Crippen molar-refractivity contribution >= 4 is 0 Å². The molecule has 0 aromatic heterocycles. The van der Waals surface area contributed by atoms with Crippen LogP contribution in [0.25, 0.3) is 0 Å². The first-order valence-corrected chi connectivity index (χ1v) is 9.40. The van der Waals surface area contributed by atoms with Crippen molar-refractivity contribution in [1.29, 1.82) is 0 Å². The summed E-state index contributed by atoms with van der Waals surface area (Å²) in [4.78, 5) is 0. The van der Waals surface area contributed by atoms with E-state index >= 15 is 0 Å². The number of hydrogen-bond donors (Lipinski definition) is 1. The molecule has 0 heterocycles. The normalized spacial score (nSPS) is 10.1. The molecule has 2 nitrogen and oxygen atoms in total. The molecule has 7 heteroatoms. The van der Waals surface area contributed by atoms with E-state index in [4.69, 9.17) is 9.84 Å². The van der Waals surface area contributed by atoms with Crippen LogP contribution in [0.3, 0.4) is 0 Å². The summed E-state index contributed by atoms with van der Waals surface area (Å²) in [5, 5.41) is 8.74. The van der Waals surface area contributed by atoms with E-state index in [1.807, 2.05) is 5.92 Å². The summed E-state index contributed by atoms with van der Waals surface area (Å²) in [5.41, 5.74) is 0.502. The molecule has 32 heavy (non-hydrogen) atoms. The van der Waals surface area contributed by atoms with Crippen LogP contribution in [0.2, 0.25) is 0 Å². The Morgan fingerprint density at radius 3 is 1.47 bits per heavy atom. The Hall–Kier alpha value is -3.81. The van der Waals surface area contributed by atoms with Crippen molar-refractivity contribution in [3.05, 3.63) is 99.9 Å². The topological polar surface area (TPSA) is 29.5 Å². The second-order valence-electron chi connectivity index (χ2n) is 6.47. The van der Waals surface area contributed by atoms with Crippen molar-refractivity contribution in [3.8, 4) is 29.4 Å². The third-order valence-electron chi connectivity index (χ3n) is 4.20. The molecular formula is C25H15F5O2. The molecule has 0 spiro atoms. The summed E-state index contributed by atoms with van der Waals surface area (Å²) in [6.45, 7) is 0.478. The summed E-state index contributed by atoms with van der Waals surface area (Å²) in [6.07, 6.45) is 0.545. The molecule has 0 saturated carbocycles. The van der Waals surface area contributed by atoms with E-state index in [9.17, 15) is 22.0 Å². The standard InChI is InChI=1S/C25H15F5O2/c26-21-20(22(27)24(29)25(30)23(21)28)13-10-17-5-2-16(3-6-17)4-7-18-8-11-19(12-9-18)32-15-1-14-31/h2-3,5-6,8-9,11-12,31H,1,14-15H2. The van der Waals surface area contributed by atoms with E-state index in [2.05, 4.69) is 17.8 Å². The second-order valence-corrected chi connectivity index (χ2v) is 6.47. The highest BCUT2D eigenvalue weighted by Crippen LogP contribution is 2.22. The van der Waals surface area contributed by atoms with Crippen LogP contribution in [0.15, 0.2) is 48.5 Å². The van der Waals surface area contributed by atoms with Crippen molar-refractivity contribution in [1.82, 2.24) is 0 Å². The molecule has 0 saturated heterocycles. The molecule has 1 N–H and O–H groups in total. The largest absolute Gasteiger partial charge is 0.494 e. The lowest BCUT2D eigenvalue weighted by molar-refractivity contribution is 0.233. The summed E-state index contributed by atoms with van der Waals surface area (Å²) in [6, 6.07) is 13.3. The highest BCUT2D eigenvalue weighted by atomic mass is 19.2. The third-order valence-corrected chi connectivity index (χ3v) is 4.20. The summed E-state index contributed by atoms with van der Waals surface area (Å²) < 4.78 is 72.3. The number of aliphatic hydroxyl groups excluding tert-OH is 1. The van der Waals surface area contributed by atoms with Crippen molar-refractivity contribution in [2.75, 3.05) is 13.2 Å². The van der Waals surface area contributed by atoms with E-state index in [1.165, 1.54) is 12.1 Å². The average molecular weight is 442 g/mol. The van der Waals surface area contributed by atoms with Crippen LogP contribution in [0.1, 0.15) is 28.7 Å². The van der Waals surface area contributed by atoms with Gasteiger partial charge in [0.15, 0.2) is 23.3 Å². The van der Waals surface area contributed by atoms with Crippen molar-refractivity contribution in [3.63, 3.8) is 0 Å². The van der Waals surface area contributed by atoms with Crippen molar-refractivity contribution in [2.24, 2.45) is 0 Å². The first-order valence-electron chi connectivity index (χ1n) is 9.40. The van der Waals surface area contributed by atoms with Gasteiger partial charge in [0, 0.05) is 29.7 Å². The molecule has 0 bridgehead atoms. The van der Waals surface area contributed by atoms with Gasteiger partial charge in [-0.25, -0.2) is 22.0 Å². The van der Waals surface area contributed by atoms with Gasteiger partial charge in [-0.1, -0.05) is 23.7 Å². The molecule has 3 rings (SSSR count). The molecule has 0 amide bonds. The minimum Gasteiger partial charge on any atom is -0.494 e. The Bertz CT molecular complexity index is 1200. The molecule has 0 aliphatic heterocycles. The van der Waals surface area contributed by atoms with Gasteiger partial charge in [0.1, 0.15) is 11.3 Å². The van der Waals surface area contributed by atoms with Crippen LogP contribution in [-0.2, 0) is 0 Å². The fourth-order valence-electron chi connectivity index (χ4n) is 2.52. The Morgan fingerprint density at radius 2 is 1.00 bits per heavy atom. The molecular weight excluding hydrogens is 427 g/mol. The van der Waals surface area contributed by atoms with Gasteiger partial charge in [0.25, 0.3) is 0 Å². The number of aliphatic hydroxyl groups is 1. The van der Waals surface area contributed by atoms with Gasteiger partial charge in [-0.05, 0) is 48.5 Å². The first kappa shape index (κ1) is 22.9. The molecule has 0 aliphatic rings. The van der Waals surface area contributed by atoms with Crippen LogP contribution in [0.5, 0.6) is 5.75 Å². The average Bonchev–Trinajstić information content (AvgIpc) is 2.82. The predicted octanol–water partition coefficient (Wildman–Crippen LogP) is 4.94. The maximum Gasteiger partial charge on any atom is 0.200 e. The zero-order valence-electron chi connectivity index (χ0n) is 16.5. The van der Waals surface area contributed by atoms with Gasteiger partial charge < -0.3 is 9.84 Å². The maximum absolute atomic E-state index is 13.7. The lowest BCUT2D eigenvalue weighted by Crippen LogP contribution is -2.04. The number of hydrogen-bond acceptors (Lipinski definition) is 2. The number of rotatable bonds is 4. The van der Waals surface area contributed by atoms with E-state index in [-0.39, 0.29) is 6.61 Å². The molecule has 0 aliphatic carbocycles. The van der Waals surface area contributed by atoms with E-state index in [0.29, 0.717) is 29.9 Å². The molecule has 3 aromatic carbocycles. The van der Waals surface area contributed by atoms with Crippen molar-refractivity contribution in [2.45, 2.75) is 6.42 Å². The monoisotopic (exact) mass is 442 g/mol. The van der Waals surface area contributed by atoms with E-state index < -0.39 is 34.6 Å². The van der Waals surface area contributed by atoms with Gasteiger partial charge in [-0.3, -0.25) is 0 Å². The molecule has 3 aromatic rings. The molecule has 0 unspecified atom stereocenters. The minimum atomic E-state index is -2.22. The van der Waals surface area contributed by atoms with Crippen LogP contribution in [-0.4, -0.2) is 18.3 Å². The quantitative estimate of drug-likeness (QED) is 0.204. The van der Waals surface area contributed by atoms with Gasteiger partial charge in [0.2, 0.25) is 5.82 Å². The SMILES string of the molecule is OCCCOc1ccc(C#Cc2ccc(C#Cc3c(F)c(F)c(F)c(F)c3F)cc2)cc1. The van der Waals surface area contributed by atoms with Crippen LogP contribution < -0.4 is 4.74 Å². The Kier molecular flexibility index (Phi) is 7.49. The van der Waals surface area contributed by atoms with Gasteiger partial charge in [-0.2, -0.15) is 0 Å². The van der Waals surface area contributed by atoms with E-state index in [1.54, 1.807) is 36.4 Å². The van der Waals surface area contributed by atoms with Crippen molar-refractivity contribution < 1.29 is 31.8 Å². The zero-order chi connectivity index (χ0) is 23.1. The van der Waals surface area contributed by atoms with E-state index in [0.717, 1.165) is 5.56 Å². The summed E-state index contributed by atoms with van der Waals surface area (Å²) in [7, 11) is 0. The van der Waals surface area contributed by atoms with Crippen LogP contribution in [0.4, 0.5) is 22.0 Å². The summed E-state index contributed by atoms with van der Waals surface area (Å²) >= 11 is 0. The first-order chi connectivity index (χ1) is 15.4. The predicted molar refractivity (Wildman–Crippen MR) is 108 cm³/mol. The molecule has 162 valence electrons. The Balaban J connectivity index is 1.72. The minimum absolute atomic E-state index is 0.0606. The van der Waals surface area contributed by atoms with Gasteiger partial charge in [0.05, 0.1) is 6.61 Å². The maximum atomic E-state index is 13.7. The third kappa shape index (κ3) is 5.46. The molecule has 0 atom stereocenters. The Labute approximate surface area is 181 Å². The number of halogens is 5. The summed E-state index contributed by atoms with van der Waals surface area (Å²) in [5.74, 6) is 0.710. The lowest BCUT2D eigenvalue weighted by Gasteiger charge is -2.04. The fourth-order valence-corrected chi connectivity index (χ4v) is 2.52. The highest BCUT2D eigenvalue weighted by molar-refractivity contribution is 5.49. The second kappa shape index (κ2) is 10.5. The van der Waals surface area contributed by atoms with Gasteiger partial charge in [-0.15, -0.1) is 0 Å². The Morgan fingerprint density at radius 1 is 0.594 bits per heavy atom.